The summed E-state index contributed by atoms with van der Waals surface area (Å²) in [6.45, 7) is 2.09. The number of amides is 1. The smallest absolute Gasteiger partial charge is 0.310 e. The second kappa shape index (κ2) is 7.66. The molecule has 7 nitrogen and oxygen atoms in total. The minimum absolute atomic E-state index is 0.0140. The van der Waals surface area contributed by atoms with E-state index in [0.29, 0.717) is 11.7 Å². The molecule has 1 amide bonds. The van der Waals surface area contributed by atoms with Crippen LogP contribution in [0.1, 0.15) is 48.9 Å². The molecule has 0 unspecified atom stereocenters. The summed E-state index contributed by atoms with van der Waals surface area (Å²) in [6, 6.07) is 9.56. The molecule has 148 valence electrons. The Hall–Kier alpha value is -2.83. The van der Waals surface area contributed by atoms with Gasteiger partial charge in [0.25, 0.3) is 5.91 Å². The molecule has 1 aromatic heterocycles. The number of hydrogen-bond donors (Lipinski definition) is 1. The molecule has 0 aliphatic heterocycles. The monoisotopic (exact) mass is 384 g/mol. The van der Waals surface area contributed by atoms with Gasteiger partial charge in [0, 0.05) is 12.1 Å². The van der Waals surface area contributed by atoms with Crippen LogP contribution in [0.5, 0.6) is 5.75 Å². The number of ether oxygens (including phenoxy) is 1. The molecule has 1 N–H and O–H groups in total. The van der Waals surface area contributed by atoms with Crippen LogP contribution in [0.25, 0.3) is 0 Å². The standard InChI is InChI=1S/C21H24N2O5/c1-13(17-11-14-6-7-15(17)10-14)22-21(24)20-9-8-16(28-20)12-27-19-5-3-2-4-18(19)23(25)26/h2-5,8-9,13-15,17H,6-7,10-12H2,1H3,(H,22,24)/t13-,14-,15-,17-/m0/s1. The van der Waals surface area contributed by atoms with Crippen molar-refractivity contribution in [3.8, 4) is 5.75 Å². The lowest BCUT2D eigenvalue weighted by Gasteiger charge is -2.28. The molecule has 4 atom stereocenters. The third-order valence-electron chi connectivity index (χ3n) is 6.11. The largest absolute Gasteiger partial charge is 0.479 e. The summed E-state index contributed by atoms with van der Waals surface area (Å²) in [6.07, 6.45) is 5.13. The molecule has 2 aromatic rings. The molecule has 1 heterocycles. The average molecular weight is 384 g/mol. The molecule has 0 radical (unpaired) electrons. The number of nitro groups is 1. The van der Waals surface area contributed by atoms with E-state index < -0.39 is 4.92 Å². The normalized spacial score (nSPS) is 24.1. The summed E-state index contributed by atoms with van der Waals surface area (Å²) in [7, 11) is 0. The van der Waals surface area contributed by atoms with Gasteiger partial charge in [-0.2, -0.15) is 0 Å². The molecule has 2 saturated carbocycles. The van der Waals surface area contributed by atoms with E-state index in [1.165, 1.54) is 37.8 Å². The first-order chi connectivity index (χ1) is 13.5. The number of fused-ring (bicyclic) bond motifs is 2. The molecule has 28 heavy (non-hydrogen) atoms. The summed E-state index contributed by atoms with van der Waals surface area (Å²) in [4.78, 5) is 23.1. The zero-order valence-corrected chi connectivity index (χ0v) is 15.8. The first-order valence-corrected chi connectivity index (χ1v) is 9.77. The lowest BCUT2D eigenvalue weighted by molar-refractivity contribution is -0.386. The molecule has 7 heteroatoms. The van der Waals surface area contributed by atoms with Crippen LogP contribution >= 0.6 is 0 Å². The lowest BCUT2D eigenvalue weighted by atomic mass is 9.84. The first-order valence-electron chi connectivity index (χ1n) is 9.77. The van der Waals surface area contributed by atoms with Crippen LogP contribution in [0.4, 0.5) is 5.69 Å². The van der Waals surface area contributed by atoms with E-state index >= 15 is 0 Å². The molecule has 0 spiro atoms. The molecule has 4 rings (SSSR count). The van der Waals surface area contributed by atoms with E-state index in [2.05, 4.69) is 12.2 Å². The predicted octanol–water partition coefficient (Wildman–Crippen LogP) is 4.32. The predicted molar refractivity (Wildman–Crippen MR) is 102 cm³/mol. The number of nitrogens with zero attached hydrogens (tertiary/aromatic N) is 1. The Bertz CT molecular complexity index is 877. The van der Waals surface area contributed by atoms with Crippen LogP contribution in [0.3, 0.4) is 0 Å². The second-order valence-electron chi connectivity index (χ2n) is 7.88. The average Bonchev–Trinajstić information content (AvgIpc) is 3.43. The van der Waals surface area contributed by atoms with Gasteiger partial charge in [-0.05, 0) is 62.1 Å². The summed E-state index contributed by atoms with van der Waals surface area (Å²) >= 11 is 0. The third kappa shape index (κ3) is 3.74. The Morgan fingerprint density at radius 3 is 2.82 bits per heavy atom. The molecular weight excluding hydrogens is 360 g/mol. The van der Waals surface area contributed by atoms with Gasteiger partial charge in [-0.15, -0.1) is 0 Å². The molecule has 0 saturated heterocycles. The maximum absolute atomic E-state index is 12.5. The highest BCUT2D eigenvalue weighted by molar-refractivity contribution is 5.91. The number of rotatable bonds is 7. The highest BCUT2D eigenvalue weighted by atomic mass is 16.6. The van der Waals surface area contributed by atoms with Crippen molar-refractivity contribution in [3.63, 3.8) is 0 Å². The first kappa shape index (κ1) is 18.5. The molecule has 2 aliphatic rings. The Kier molecular flexibility index (Phi) is 5.07. The molecular formula is C21H24N2O5. The maximum atomic E-state index is 12.5. The minimum atomic E-state index is -0.493. The van der Waals surface area contributed by atoms with Crippen LogP contribution in [0, 0.1) is 27.9 Å². The van der Waals surface area contributed by atoms with Gasteiger partial charge in [0.15, 0.2) is 11.5 Å². The molecule has 1 aromatic carbocycles. The Morgan fingerprint density at radius 2 is 2.11 bits per heavy atom. The van der Waals surface area contributed by atoms with Gasteiger partial charge in [0.1, 0.15) is 12.4 Å². The fourth-order valence-electron chi connectivity index (χ4n) is 4.75. The number of nitrogens with one attached hydrogen (secondary N) is 1. The van der Waals surface area contributed by atoms with E-state index in [9.17, 15) is 14.9 Å². The number of furan rings is 1. The summed E-state index contributed by atoms with van der Waals surface area (Å²) in [5, 5.41) is 14.1. The zero-order chi connectivity index (χ0) is 19.7. The van der Waals surface area contributed by atoms with Crippen LogP contribution < -0.4 is 10.1 Å². The quantitative estimate of drug-likeness (QED) is 0.567. The van der Waals surface area contributed by atoms with Crippen molar-refractivity contribution in [3.05, 3.63) is 58.0 Å². The zero-order valence-electron chi connectivity index (χ0n) is 15.8. The number of para-hydroxylation sites is 2. The Balaban J connectivity index is 1.34. The van der Waals surface area contributed by atoms with E-state index in [-0.39, 0.29) is 35.8 Å². The van der Waals surface area contributed by atoms with Crippen molar-refractivity contribution in [2.45, 2.75) is 45.3 Å². The van der Waals surface area contributed by atoms with Gasteiger partial charge in [-0.1, -0.05) is 18.6 Å². The van der Waals surface area contributed by atoms with Crippen molar-refractivity contribution in [1.29, 1.82) is 0 Å². The van der Waals surface area contributed by atoms with E-state index in [1.807, 2.05) is 0 Å². The topological polar surface area (TPSA) is 94.6 Å². The van der Waals surface area contributed by atoms with E-state index in [0.717, 1.165) is 11.8 Å². The third-order valence-corrected chi connectivity index (χ3v) is 6.11. The van der Waals surface area contributed by atoms with E-state index in [1.54, 1.807) is 24.3 Å². The van der Waals surface area contributed by atoms with Gasteiger partial charge in [-0.3, -0.25) is 14.9 Å². The van der Waals surface area contributed by atoms with Crippen molar-refractivity contribution in [2.24, 2.45) is 17.8 Å². The number of benzene rings is 1. The Labute approximate surface area is 163 Å². The summed E-state index contributed by atoms with van der Waals surface area (Å²) < 4.78 is 11.1. The van der Waals surface area contributed by atoms with Crippen LogP contribution in [-0.4, -0.2) is 16.9 Å². The van der Waals surface area contributed by atoms with Crippen molar-refractivity contribution in [2.75, 3.05) is 0 Å². The molecule has 2 fully saturated rings. The molecule has 2 aliphatic carbocycles. The van der Waals surface area contributed by atoms with Crippen LogP contribution in [-0.2, 0) is 6.61 Å². The fraction of sp³-hybridized carbons (Fsp3) is 0.476. The highest BCUT2D eigenvalue weighted by Gasteiger charge is 2.42. The van der Waals surface area contributed by atoms with E-state index in [4.69, 9.17) is 9.15 Å². The molecule has 2 bridgehead atoms. The van der Waals surface area contributed by atoms with Crippen LogP contribution in [0.2, 0.25) is 0 Å². The lowest BCUT2D eigenvalue weighted by Crippen LogP contribution is -2.40. The van der Waals surface area contributed by atoms with Crippen molar-refractivity contribution >= 4 is 11.6 Å². The SMILES string of the molecule is C[C@H](NC(=O)c1ccc(COc2ccccc2[N+](=O)[O-])o1)[C@@H]1C[C@H]2CC[C@H]1C2. The van der Waals surface area contributed by atoms with Gasteiger partial charge in [0.05, 0.1) is 4.92 Å². The number of hydrogen-bond acceptors (Lipinski definition) is 5. The van der Waals surface area contributed by atoms with Crippen LogP contribution in [0.15, 0.2) is 40.8 Å². The number of carbonyl (C=O) groups excluding carboxylic acids is 1. The number of nitro benzene ring substituents is 1. The van der Waals surface area contributed by atoms with Crippen molar-refractivity contribution < 1.29 is 18.9 Å². The van der Waals surface area contributed by atoms with Gasteiger partial charge < -0.3 is 14.5 Å². The van der Waals surface area contributed by atoms with Gasteiger partial charge in [0.2, 0.25) is 0 Å². The summed E-state index contributed by atoms with van der Waals surface area (Å²) in [5.41, 5.74) is -0.105. The van der Waals surface area contributed by atoms with Crippen molar-refractivity contribution in [1.82, 2.24) is 5.32 Å². The summed E-state index contributed by atoms with van der Waals surface area (Å²) in [5.74, 6) is 2.74. The maximum Gasteiger partial charge on any atom is 0.310 e. The second-order valence-corrected chi connectivity index (χ2v) is 7.88. The van der Waals surface area contributed by atoms with Gasteiger partial charge >= 0.3 is 5.69 Å². The highest BCUT2D eigenvalue weighted by Crippen LogP contribution is 2.49. The number of carbonyl (C=O) groups is 1. The fourth-order valence-corrected chi connectivity index (χ4v) is 4.75. The minimum Gasteiger partial charge on any atom is -0.479 e. The Morgan fingerprint density at radius 1 is 1.29 bits per heavy atom. The van der Waals surface area contributed by atoms with Gasteiger partial charge in [-0.25, -0.2) is 0 Å².